The van der Waals surface area contributed by atoms with Crippen LogP contribution >= 0.6 is 0 Å². The van der Waals surface area contributed by atoms with Crippen molar-refractivity contribution in [3.8, 4) is 0 Å². The van der Waals surface area contributed by atoms with Gasteiger partial charge in [-0.25, -0.2) is 9.78 Å². The first-order valence-corrected chi connectivity index (χ1v) is 8.59. The maximum Gasteiger partial charge on any atom is 0.338 e. The second-order valence-electron chi connectivity index (χ2n) is 5.76. The van der Waals surface area contributed by atoms with Gasteiger partial charge < -0.3 is 14.8 Å². The average Bonchev–Trinajstić information content (AvgIpc) is 2.68. The number of esters is 1. The molecule has 0 fully saturated rings. The minimum atomic E-state index is -0.497. The minimum Gasteiger partial charge on any atom is -0.462 e. The lowest BCUT2D eigenvalue weighted by molar-refractivity contribution is 0.0499. The molecule has 6 nitrogen and oxygen atoms in total. The normalized spacial score (nSPS) is 11.7. The van der Waals surface area contributed by atoms with Crippen LogP contribution in [0.2, 0.25) is 0 Å². The highest BCUT2D eigenvalue weighted by molar-refractivity contribution is 5.96. The molecule has 0 saturated heterocycles. The van der Waals surface area contributed by atoms with Gasteiger partial charge in [0, 0.05) is 14.2 Å². The van der Waals surface area contributed by atoms with Gasteiger partial charge in [0.1, 0.15) is 11.8 Å². The SMILES string of the molecule is CCCCOC(=O)c1cc(C(=O)NC)nc(C(OC)c2ccccc2)c1. The Labute approximate surface area is 153 Å². The predicted molar refractivity (Wildman–Crippen MR) is 98.1 cm³/mol. The first kappa shape index (κ1) is 19.6. The number of carbonyl (C=O) groups excluding carboxylic acids is 2. The average molecular weight is 356 g/mol. The van der Waals surface area contributed by atoms with Gasteiger partial charge in [-0.3, -0.25) is 4.79 Å². The number of nitrogens with one attached hydrogen (secondary N) is 1. The molecule has 0 aliphatic heterocycles. The fraction of sp³-hybridized carbons (Fsp3) is 0.350. The second kappa shape index (κ2) is 9.68. The molecule has 1 heterocycles. The highest BCUT2D eigenvalue weighted by Gasteiger charge is 2.21. The summed E-state index contributed by atoms with van der Waals surface area (Å²) in [5, 5.41) is 2.53. The molecule has 1 unspecified atom stereocenters. The Morgan fingerprint density at radius 2 is 1.92 bits per heavy atom. The molecule has 0 radical (unpaired) electrons. The van der Waals surface area contributed by atoms with Crippen LogP contribution in [-0.4, -0.2) is 37.6 Å². The van der Waals surface area contributed by atoms with Crippen LogP contribution < -0.4 is 5.32 Å². The van der Waals surface area contributed by atoms with Crippen molar-refractivity contribution in [3.05, 3.63) is 65.0 Å². The number of pyridine rings is 1. The van der Waals surface area contributed by atoms with Crippen molar-refractivity contribution >= 4 is 11.9 Å². The Morgan fingerprint density at radius 1 is 1.19 bits per heavy atom. The molecule has 1 aromatic heterocycles. The van der Waals surface area contributed by atoms with Crippen LogP contribution in [0.5, 0.6) is 0 Å². The Kier molecular flexibility index (Phi) is 7.29. The van der Waals surface area contributed by atoms with E-state index in [4.69, 9.17) is 9.47 Å². The molecule has 26 heavy (non-hydrogen) atoms. The molecule has 2 aromatic rings. The molecule has 6 heteroatoms. The van der Waals surface area contributed by atoms with E-state index in [9.17, 15) is 9.59 Å². The Morgan fingerprint density at radius 3 is 2.54 bits per heavy atom. The molecule has 0 bridgehead atoms. The number of carbonyl (C=O) groups is 2. The minimum absolute atomic E-state index is 0.144. The number of hydrogen-bond acceptors (Lipinski definition) is 5. The highest BCUT2D eigenvalue weighted by Crippen LogP contribution is 2.25. The molecule has 0 aliphatic rings. The summed E-state index contributed by atoms with van der Waals surface area (Å²) in [6.07, 6.45) is 1.22. The third kappa shape index (κ3) is 4.89. The van der Waals surface area contributed by atoms with Gasteiger partial charge >= 0.3 is 5.97 Å². The van der Waals surface area contributed by atoms with Crippen LogP contribution in [0, 0.1) is 0 Å². The smallest absolute Gasteiger partial charge is 0.338 e. The molecule has 0 aliphatic carbocycles. The zero-order valence-corrected chi connectivity index (χ0v) is 15.3. The topological polar surface area (TPSA) is 77.5 Å². The summed E-state index contributed by atoms with van der Waals surface area (Å²) < 4.78 is 10.8. The molecule has 1 atom stereocenters. The fourth-order valence-corrected chi connectivity index (χ4v) is 2.50. The fourth-order valence-electron chi connectivity index (χ4n) is 2.50. The molecule has 0 spiro atoms. The van der Waals surface area contributed by atoms with E-state index in [1.165, 1.54) is 13.1 Å². The first-order chi connectivity index (χ1) is 12.6. The van der Waals surface area contributed by atoms with E-state index in [1.54, 1.807) is 13.2 Å². The zero-order chi connectivity index (χ0) is 18.9. The van der Waals surface area contributed by atoms with E-state index in [2.05, 4.69) is 10.3 Å². The van der Waals surface area contributed by atoms with Gasteiger partial charge in [0.25, 0.3) is 5.91 Å². The van der Waals surface area contributed by atoms with E-state index in [0.29, 0.717) is 12.3 Å². The van der Waals surface area contributed by atoms with E-state index in [0.717, 1.165) is 18.4 Å². The van der Waals surface area contributed by atoms with Gasteiger partial charge in [0.2, 0.25) is 0 Å². The highest BCUT2D eigenvalue weighted by atomic mass is 16.5. The molecular weight excluding hydrogens is 332 g/mol. The van der Waals surface area contributed by atoms with Crippen molar-refractivity contribution in [2.24, 2.45) is 0 Å². The molecule has 1 N–H and O–H groups in total. The third-order valence-electron chi connectivity index (χ3n) is 3.88. The molecule has 138 valence electrons. The summed E-state index contributed by atoms with van der Waals surface area (Å²) in [6, 6.07) is 12.6. The molecule has 1 amide bonds. The maximum atomic E-state index is 12.4. The summed E-state index contributed by atoms with van der Waals surface area (Å²) >= 11 is 0. The molecule has 2 rings (SSSR count). The van der Waals surface area contributed by atoms with Crippen LogP contribution in [0.1, 0.15) is 58.0 Å². The lowest BCUT2D eigenvalue weighted by atomic mass is 10.0. The van der Waals surface area contributed by atoms with Gasteiger partial charge in [-0.15, -0.1) is 0 Å². The number of amides is 1. The Bertz CT molecular complexity index is 747. The van der Waals surface area contributed by atoms with Gasteiger partial charge in [0.15, 0.2) is 0 Å². The number of ether oxygens (including phenoxy) is 2. The standard InChI is InChI=1S/C20H24N2O4/c1-4-5-11-26-20(24)15-12-16(22-17(13-15)19(23)21-2)18(25-3)14-9-7-6-8-10-14/h6-10,12-13,18H,4-5,11H2,1-3H3,(H,21,23). The Hall–Kier alpha value is -2.73. The van der Waals surface area contributed by atoms with Crippen LogP contribution in [-0.2, 0) is 9.47 Å². The largest absolute Gasteiger partial charge is 0.462 e. The first-order valence-electron chi connectivity index (χ1n) is 8.59. The van der Waals surface area contributed by atoms with Crippen molar-refractivity contribution in [2.75, 3.05) is 20.8 Å². The predicted octanol–water partition coefficient (Wildman–Crippen LogP) is 3.13. The summed E-state index contributed by atoms with van der Waals surface area (Å²) in [4.78, 5) is 28.8. The van der Waals surface area contributed by atoms with Crippen LogP contribution in [0.25, 0.3) is 0 Å². The van der Waals surface area contributed by atoms with Crippen molar-refractivity contribution < 1.29 is 19.1 Å². The monoisotopic (exact) mass is 356 g/mol. The van der Waals surface area contributed by atoms with Crippen molar-refractivity contribution in [1.82, 2.24) is 10.3 Å². The van der Waals surface area contributed by atoms with E-state index < -0.39 is 12.1 Å². The van der Waals surface area contributed by atoms with Gasteiger partial charge in [-0.2, -0.15) is 0 Å². The van der Waals surface area contributed by atoms with E-state index in [1.807, 2.05) is 37.3 Å². The Balaban J connectivity index is 2.42. The quantitative estimate of drug-likeness (QED) is 0.581. The number of benzene rings is 1. The lowest BCUT2D eigenvalue weighted by Crippen LogP contribution is -2.22. The number of rotatable bonds is 8. The van der Waals surface area contributed by atoms with Gasteiger partial charge in [0.05, 0.1) is 17.9 Å². The number of hydrogen-bond donors (Lipinski definition) is 1. The van der Waals surface area contributed by atoms with Crippen LogP contribution in [0.15, 0.2) is 42.5 Å². The number of aromatic nitrogens is 1. The van der Waals surface area contributed by atoms with Gasteiger partial charge in [-0.1, -0.05) is 43.7 Å². The summed E-state index contributed by atoms with van der Waals surface area (Å²) in [7, 11) is 3.08. The number of methoxy groups -OCH3 is 1. The van der Waals surface area contributed by atoms with E-state index >= 15 is 0 Å². The van der Waals surface area contributed by atoms with Crippen molar-refractivity contribution in [2.45, 2.75) is 25.9 Å². The third-order valence-corrected chi connectivity index (χ3v) is 3.88. The summed E-state index contributed by atoms with van der Waals surface area (Å²) in [6.45, 7) is 2.36. The number of unbranched alkanes of at least 4 members (excludes halogenated alkanes) is 1. The van der Waals surface area contributed by atoms with Crippen molar-refractivity contribution in [3.63, 3.8) is 0 Å². The maximum absolute atomic E-state index is 12.4. The molecule has 0 saturated carbocycles. The zero-order valence-electron chi connectivity index (χ0n) is 15.3. The summed E-state index contributed by atoms with van der Waals surface area (Å²) in [5.74, 6) is -0.854. The summed E-state index contributed by atoms with van der Waals surface area (Å²) in [5.41, 5.74) is 1.78. The van der Waals surface area contributed by atoms with Gasteiger partial charge in [-0.05, 0) is 24.1 Å². The van der Waals surface area contributed by atoms with Crippen LogP contribution in [0.4, 0.5) is 0 Å². The van der Waals surface area contributed by atoms with E-state index in [-0.39, 0.29) is 17.2 Å². The molecular formula is C20H24N2O4. The van der Waals surface area contributed by atoms with Crippen molar-refractivity contribution in [1.29, 1.82) is 0 Å². The lowest BCUT2D eigenvalue weighted by Gasteiger charge is -2.17. The van der Waals surface area contributed by atoms with Crippen LogP contribution in [0.3, 0.4) is 0 Å². The molecule has 1 aromatic carbocycles. The number of nitrogens with zero attached hydrogens (tertiary/aromatic N) is 1. The second-order valence-corrected chi connectivity index (χ2v) is 5.76.